The first kappa shape index (κ1) is 7.91. The van der Waals surface area contributed by atoms with Gasteiger partial charge in [0.25, 0.3) is 0 Å². The third-order valence-corrected chi connectivity index (χ3v) is 1.55. The van der Waals surface area contributed by atoms with E-state index in [4.69, 9.17) is 0 Å². The van der Waals surface area contributed by atoms with Crippen LogP contribution in [0.3, 0.4) is 0 Å². The molecule has 11 heavy (non-hydrogen) atoms. The molecule has 0 aromatic heterocycles. The van der Waals surface area contributed by atoms with E-state index in [1.54, 1.807) is 0 Å². The standard InChI is InChI=1S/C7H9NO3/c1-4(9)2-5-6(10)3-7(11)8-5/h5H,2-3H2,1H3,(H,8,11)/t5-/m0/s1. The molecular formula is C7H9NO3. The molecule has 1 atom stereocenters. The highest BCUT2D eigenvalue weighted by atomic mass is 16.2. The van der Waals surface area contributed by atoms with E-state index in [1.165, 1.54) is 6.92 Å². The highest BCUT2D eigenvalue weighted by molar-refractivity contribution is 6.08. The Morgan fingerprint density at radius 1 is 1.64 bits per heavy atom. The summed E-state index contributed by atoms with van der Waals surface area (Å²) >= 11 is 0. The van der Waals surface area contributed by atoms with Crippen molar-refractivity contribution in [3.8, 4) is 0 Å². The number of ketones is 2. The zero-order chi connectivity index (χ0) is 8.43. The molecule has 0 aromatic carbocycles. The molecule has 0 bridgehead atoms. The highest BCUT2D eigenvalue weighted by Crippen LogP contribution is 2.05. The average molecular weight is 155 g/mol. The zero-order valence-electron chi connectivity index (χ0n) is 6.22. The van der Waals surface area contributed by atoms with Crippen molar-refractivity contribution >= 4 is 17.5 Å². The Morgan fingerprint density at radius 3 is 2.64 bits per heavy atom. The number of rotatable bonds is 2. The molecule has 0 unspecified atom stereocenters. The Bertz CT molecular complexity index is 222. The summed E-state index contributed by atoms with van der Waals surface area (Å²) in [5.41, 5.74) is 0. The lowest BCUT2D eigenvalue weighted by Gasteiger charge is -2.03. The van der Waals surface area contributed by atoms with Gasteiger partial charge in [-0.1, -0.05) is 0 Å². The van der Waals surface area contributed by atoms with Crippen LogP contribution in [0.2, 0.25) is 0 Å². The Morgan fingerprint density at radius 2 is 2.27 bits per heavy atom. The maximum absolute atomic E-state index is 10.9. The minimum Gasteiger partial charge on any atom is -0.345 e. The van der Waals surface area contributed by atoms with Crippen LogP contribution in [0.1, 0.15) is 19.8 Å². The summed E-state index contributed by atoms with van der Waals surface area (Å²) in [6.45, 7) is 1.40. The molecule has 60 valence electrons. The first-order chi connectivity index (χ1) is 5.09. The van der Waals surface area contributed by atoms with E-state index in [0.717, 1.165) is 0 Å². The minimum absolute atomic E-state index is 0.0715. The highest BCUT2D eigenvalue weighted by Gasteiger charge is 2.30. The molecule has 1 aliphatic rings. The van der Waals surface area contributed by atoms with Crippen LogP contribution in [0, 0.1) is 0 Å². The van der Waals surface area contributed by atoms with Gasteiger partial charge in [-0.05, 0) is 6.92 Å². The van der Waals surface area contributed by atoms with Gasteiger partial charge < -0.3 is 5.32 Å². The minimum atomic E-state index is -0.556. The summed E-state index contributed by atoms with van der Waals surface area (Å²) in [5, 5.41) is 2.43. The molecule has 1 fully saturated rings. The molecule has 1 aliphatic heterocycles. The van der Waals surface area contributed by atoms with E-state index < -0.39 is 6.04 Å². The lowest BCUT2D eigenvalue weighted by atomic mass is 10.1. The molecule has 0 aliphatic carbocycles. The van der Waals surface area contributed by atoms with Gasteiger partial charge in [0.1, 0.15) is 5.78 Å². The van der Waals surface area contributed by atoms with E-state index >= 15 is 0 Å². The third-order valence-electron chi connectivity index (χ3n) is 1.55. The second-order valence-corrected chi connectivity index (χ2v) is 2.67. The zero-order valence-corrected chi connectivity index (χ0v) is 6.22. The van der Waals surface area contributed by atoms with Crippen molar-refractivity contribution in [2.24, 2.45) is 0 Å². The summed E-state index contributed by atoms with van der Waals surface area (Å²) in [7, 11) is 0. The van der Waals surface area contributed by atoms with Crippen molar-refractivity contribution in [1.29, 1.82) is 0 Å². The SMILES string of the molecule is CC(=O)C[C@@H]1NC(=O)CC1=O. The van der Waals surface area contributed by atoms with Crippen LogP contribution >= 0.6 is 0 Å². The van der Waals surface area contributed by atoms with Crippen molar-refractivity contribution in [2.45, 2.75) is 25.8 Å². The van der Waals surface area contributed by atoms with Crippen LogP contribution in [0.5, 0.6) is 0 Å². The lowest BCUT2D eigenvalue weighted by Crippen LogP contribution is -2.30. The van der Waals surface area contributed by atoms with Gasteiger partial charge in [0.2, 0.25) is 5.91 Å². The fraction of sp³-hybridized carbons (Fsp3) is 0.571. The normalized spacial score (nSPS) is 23.5. The fourth-order valence-corrected chi connectivity index (χ4v) is 1.06. The molecule has 1 rings (SSSR count). The second-order valence-electron chi connectivity index (χ2n) is 2.67. The quantitative estimate of drug-likeness (QED) is 0.543. The molecule has 4 nitrogen and oxygen atoms in total. The topological polar surface area (TPSA) is 63.2 Å². The summed E-state index contributed by atoms with van der Waals surface area (Å²) in [5.74, 6) is -0.531. The average Bonchev–Trinajstić information content (AvgIpc) is 2.09. The van der Waals surface area contributed by atoms with Crippen molar-refractivity contribution in [2.75, 3.05) is 0 Å². The van der Waals surface area contributed by atoms with E-state index in [1.807, 2.05) is 0 Å². The molecule has 1 saturated heterocycles. The van der Waals surface area contributed by atoms with Crippen molar-refractivity contribution in [3.63, 3.8) is 0 Å². The largest absolute Gasteiger partial charge is 0.345 e. The first-order valence-electron chi connectivity index (χ1n) is 3.41. The Labute approximate surface area is 64.0 Å². The van der Waals surface area contributed by atoms with Crippen LogP contribution in [0.15, 0.2) is 0 Å². The smallest absolute Gasteiger partial charge is 0.228 e. The van der Waals surface area contributed by atoms with Gasteiger partial charge in [0.05, 0.1) is 12.5 Å². The predicted molar refractivity (Wildman–Crippen MR) is 36.9 cm³/mol. The summed E-state index contributed by atoms with van der Waals surface area (Å²) in [6.07, 6.45) is 0.0581. The van der Waals surface area contributed by atoms with Gasteiger partial charge in [-0.2, -0.15) is 0 Å². The number of hydrogen-bond acceptors (Lipinski definition) is 3. The van der Waals surface area contributed by atoms with Crippen LogP contribution in [0.4, 0.5) is 0 Å². The molecule has 0 aromatic rings. The fourth-order valence-electron chi connectivity index (χ4n) is 1.06. The predicted octanol–water partition coefficient (Wildman–Crippen LogP) is -0.577. The number of Topliss-reactive ketones (excluding diaryl/α,β-unsaturated/α-hetero) is 2. The van der Waals surface area contributed by atoms with Crippen LogP contribution in [-0.2, 0) is 14.4 Å². The lowest BCUT2D eigenvalue weighted by molar-refractivity contribution is -0.124. The number of hydrogen-bond donors (Lipinski definition) is 1. The van der Waals surface area contributed by atoms with Gasteiger partial charge in [-0.15, -0.1) is 0 Å². The summed E-state index contributed by atoms with van der Waals surface area (Å²) in [4.78, 5) is 32.0. The van der Waals surface area contributed by atoms with Gasteiger partial charge >= 0.3 is 0 Å². The summed E-state index contributed by atoms with van der Waals surface area (Å²) in [6, 6.07) is -0.556. The van der Waals surface area contributed by atoms with Crippen molar-refractivity contribution in [3.05, 3.63) is 0 Å². The molecule has 4 heteroatoms. The monoisotopic (exact) mass is 155 g/mol. The van der Waals surface area contributed by atoms with Crippen LogP contribution < -0.4 is 5.32 Å². The molecule has 1 amide bonds. The maximum Gasteiger partial charge on any atom is 0.228 e. The molecule has 0 radical (unpaired) electrons. The summed E-state index contributed by atoms with van der Waals surface area (Å²) < 4.78 is 0. The third kappa shape index (κ3) is 1.86. The van der Waals surface area contributed by atoms with Crippen LogP contribution in [-0.4, -0.2) is 23.5 Å². The second kappa shape index (κ2) is 2.82. The van der Waals surface area contributed by atoms with E-state index in [0.29, 0.717) is 0 Å². The number of carbonyl (C=O) groups excluding carboxylic acids is 3. The Kier molecular flexibility index (Phi) is 2.03. The molecule has 1 heterocycles. The first-order valence-corrected chi connectivity index (χ1v) is 3.41. The molecule has 0 saturated carbocycles. The molecule has 0 spiro atoms. The van der Waals surface area contributed by atoms with E-state index in [-0.39, 0.29) is 30.3 Å². The number of nitrogens with one attached hydrogen (secondary N) is 1. The number of amides is 1. The van der Waals surface area contributed by atoms with Gasteiger partial charge in [0, 0.05) is 6.42 Å². The molecular weight excluding hydrogens is 146 g/mol. The van der Waals surface area contributed by atoms with Crippen molar-refractivity contribution in [1.82, 2.24) is 5.32 Å². The molecule has 1 N–H and O–H groups in total. The van der Waals surface area contributed by atoms with Crippen LogP contribution in [0.25, 0.3) is 0 Å². The van der Waals surface area contributed by atoms with Gasteiger partial charge in [-0.25, -0.2) is 0 Å². The van der Waals surface area contributed by atoms with Gasteiger partial charge in [0.15, 0.2) is 5.78 Å². The van der Waals surface area contributed by atoms with E-state index in [2.05, 4.69) is 5.32 Å². The van der Waals surface area contributed by atoms with Gasteiger partial charge in [-0.3, -0.25) is 14.4 Å². The Balaban J connectivity index is 2.53. The Hall–Kier alpha value is -1.19. The number of carbonyl (C=O) groups is 3. The maximum atomic E-state index is 10.9. The van der Waals surface area contributed by atoms with Crippen molar-refractivity contribution < 1.29 is 14.4 Å². The van der Waals surface area contributed by atoms with E-state index in [9.17, 15) is 14.4 Å².